The number of piperidine rings is 1. The molecule has 0 bridgehead atoms. The highest BCUT2D eigenvalue weighted by Gasteiger charge is 2.43. The topological polar surface area (TPSA) is 312 Å². The van der Waals surface area contributed by atoms with Crippen LogP contribution in [0.5, 0.6) is 0 Å². The summed E-state index contributed by atoms with van der Waals surface area (Å²) < 4.78 is 47.3. The molecule has 4 rings (SSSR count). The monoisotopic (exact) mass is 1270 g/mol. The minimum Gasteiger partial charge on any atom is -0.391 e. The van der Waals surface area contributed by atoms with E-state index in [-0.39, 0.29) is 56.2 Å². The second kappa shape index (κ2) is 32.8. The number of hydrazine groups is 1. The van der Waals surface area contributed by atoms with Crippen LogP contribution in [0.25, 0.3) is 0 Å². The first kappa shape index (κ1) is 74.7. The minimum atomic E-state index is -4.69. The fraction of sp³-hybridized carbons (Fsp3) is 0.623. The summed E-state index contributed by atoms with van der Waals surface area (Å²) in [6.45, 7) is 14.3. The summed E-state index contributed by atoms with van der Waals surface area (Å²) in [6.07, 6.45) is -6.20. The average Bonchev–Trinajstić information content (AvgIpc) is 1.06. The Morgan fingerprint density at radius 2 is 1.13 bits per heavy atom. The number of hydrogen-bond acceptors (Lipinski definition) is 15. The number of likely N-dealkylation sites (N-methyl/N-ethyl adjacent to an activating group) is 5. The number of aliphatic hydroxyl groups is 1. The number of likely N-dealkylation sites (tertiary alicyclic amines) is 1. The average molecular weight is 1270 g/mol. The van der Waals surface area contributed by atoms with Gasteiger partial charge in [-0.05, 0) is 102 Å². The van der Waals surface area contributed by atoms with E-state index in [0.717, 1.165) is 49.5 Å². The van der Waals surface area contributed by atoms with Crippen molar-refractivity contribution in [1.82, 2.24) is 66.4 Å². The lowest BCUT2D eigenvalue weighted by Gasteiger charge is -2.36. The normalized spacial score (nSPS) is 24.6. The van der Waals surface area contributed by atoms with Gasteiger partial charge in [-0.25, -0.2) is 29.7 Å². The Morgan fingerprint density at radius 1 is 0.600 bits per heavy atom. The number of amides is 14. The number of imide groups is 3. The highest BCUT2D eigenvalue weighted by Crippen LogP contribution is 2.29. The number of alkyl halides is 3. The van der Waals surface area contributed by atoms with Gasteiger partial charge in [0.1, 0.15) is 36.3 Å². The Bertz CT molecular complexity index is 2850. The molecule has 2 fully saturated rings. The molecule has 14 amide bonds. The first-order valence-corrected chi connectivity index (χ1v) is 30.0. The molecule has 2 aliphatic heterocycles. The van der Waals surface area contributed by atoms with Crippen LogP contribution in [0.3, 0.4) is 0 Å². The lowest BCUT2D eigenvalue weighted by molar-refractivity contribution is -0.144. The molecule has 2 aliphatic rings. The van der Waals surface area contributed by atoms with E-state index in [0.29, 0.717) is 33.1 Å². The Kier molecular flexibility index (Phi) is 27.2. The van der Waals surface area contributed by atoms with Crippen molar-refractivity contribution in [3.8, 4) is 0 Å². The summed E-state index contributed by atoms with van der Waals surface area (Å²) in [6, 6.07) is -2.40. The Labute approximate surface area is 524 Å². The van der Waals surface area contributed by atoms with E-state index < -0.39 is 144 Å². The van der Waals surface area contributed by atoms with Crippen molar-refractivity contribution in [3.05, 3.63) is 71.3 Å². The molecule has 500 valence electrons. The van der Waals surface area contributed by atoms with Crippen molar-refractivity contribution < 1.29 is 75.8 Å². The van der Waals surface area contributed by atoms with Crippen molar-refractivity contribution in [2.75, 3.05) is 62.0 Å². The van der Waals surface area contributed by atoms with Gasteiger partial charge in [-0.3, -0.25) is 48.2 Å². The zero-order chi connectivity index (χ0) is 67.9. The third-order valence-corrected chi connectivity index (χ3v) is 15.4. The quantitative estimate of drug-likeness (QED) is 0.150. The van der Waals surface area contributed by atoms with Crippen LogP contribution in [0.15, 0.2) is 54.6 Å². The van der Waals surface area contributed by atoms with Gasteiger partial charge in [-0.1, -0.05) is 70.2 Å². The zero-order valence-electron chi connectivity index (χ0n) is 54.2. The van der Waals surface area contributed by atoms with E-state index in [9.17, 15) is 66.2 Å². The molecule has 2 aromatic carbocycles. The molecule has 0 saturated carbocycles. The molecule has 90 heavy (non-hydrogen) atoms. The third kappa shape index (κ3) is 21.2. The summed E-state index contributed by atoms with van der Waals surface area (Å²) in [4.78, 5) is 164. The van der Waals surface area contributed by atoms with Crippen molar-refractivity contribution in [2.24, 2.45) is 11.8 Å². The first-order valence-electron chi connectivity index (χ1n) is 30.0. The Balaban J connectivity index is 1.93. The van der Waals surface area contributed by atoms with Crippen molar-refractivity contribution in [2.45, 2.75) is 174 Å². The number of rotatable bonds is 12. The molecule has 3 unspecified atom stereocenters. The molecule has 26 nitrogen and oxygen atoms in total. The van der Waals surface area contributed by atoms with Gasteiger partial charge >= 0.3 is 24.3 Å². The summed E-state index contributed by atoms with van der Waals surface area (Å²) >= 11 is 0. The predicted molar refractivity (Wildman–Crippen MR) is 325 cm³/mol. The van der Waals surface area contributed by atoms with Gasteiger partial charge < -0.3 is 51.1 Å². The number of urea groups is 3. The third-order valence-electron chi connectivity index (χ3n) is 15.4. The predicted octanol–water partition coefficient (Wildman–Crippen LogP) is 2.82. The number of halogens is 3. The molecular formula is C61H92F3N13O13. The molecule has 29 heteroatoms. The van der Waals surface area contributed by atoms with Crippen LogP contribution in [0.2, 0.25) is 0 Å². The molecule has 2 heterocycles. The lowest BCUT2D eigenvalue weighted by Crippen LogP contribution is -2.64. The van der Waals surface area contributed by atoms with Gasteiger partial charge in [0.2, 0.25) is 23.6 Å². The number of aliphatic hydroxyl groups excluding tert-OH is 1. The number of carbonyl (C=O) groups is 11. The smallest absolute Gasteiger partial charge is 0.391 e. The first-order chi connectivity index (χ1) is 41.8. The second-order valence-electron chi connectivity index (χ2n) is 24.9. The van der Waals surface area contributed by atoms with Crippen molar-refractivity contribution in [1.29, 1.82) is 0 Å². The van der Waals surface area contributed by atoms with E-state index in [2.05, 4.69) is 32.0 Å². The highest BCUT2D eigenvalue weighted by molar-refractivity contribution is 6.10. The fourth-order valence-electron chi connectivity index (χ4n) is 10.1. The summed E-state index contributed by atoms with van der Waals surface area (Å²) in [5, 5.41) is 25.2. The molecule has 2 aromatic rings. The molecule has 7 N–H and O–H groups in total. The number of nitrogens with one attached hydrogen (secondary N) is 6. The van der Waals surface area contributed by atoms with Crippen LogP contribution in [0.4, 0.5) is 27.6 Å². The van der Waals surface area contributed by atoms with E-state index >= 15 is 4.79 Å². The van der Waals surface area contributed by atoms with Crippen LogP contribution in [0, 0.1) is 11.8 Å². The summed E-state index contributed by atoms with van der Waals surface area (Å²) in [5.41, 5.74) is 2.02. The van der Waals surface area contributed by atoms with E-state index in [1.807, 2.05) is 0 Å². The van der Waals surface area contributed by atoms with E-state index in [4.69, 9.17) is 4.74 Å². The molecular weight excluding hydrogens is 1180 g/mol. The number of benzene rings is 2. The molecule has 9 atom stereocenters. The molecule has 0 spiro atoms. The number of nitrogens with zero attached hydrogens (tertiary/aromatic N) is 7. The largest absolute Gasteiger partial charge is 0.416 e. The SMILES string of the molecule is CC(C)C[C@@H]1C(=O)NC(COC(C)(C)C)C(=O)N(C)C(=O)N(C)C(=O)N[C@H](C(=O)N2CCCCC2)C(=O)N[C@H](C)C(=O)N(C)C(Cc2ccccc2)C(=O)NC(Cc2ccc(C(F)(F)F)cc2)NN(C)[C@@H](CC(C)C)C(=O)N[C@@H]([C@@H](C)O)C(=O)N(C)C(=O)N1C. The molecule has 2 saturated heterocycles. The minimum absolute atomic E-state index is 0.0388. The number of ether oxygens (including phenoxy) is 1. The van der Waals surface area contributed by atoms with Crippen LogP contribution >= 0.6 is 0 Å². The van der Waals surface area contributed by atoms with E-state index in [1.165, 1.54) is 57.0 Å². The molecule has 0 aliphatic carbocycles. The lowest BCUT2D eigenvalue weighted by atomic mass is 10.0. The fourth-order valence-corrected chi connectivity index (χ4v) is 10.1. The van der Waals surface area contributed by atoms with Gasteiger partial charge in [0, 0.05) is 68.2 Å². The van der Waals surface area contributed by atoms with Gasteiger partial charge in [0.25, 0.3) is 23.6 Å². The number of hydrogen-bond donors (Lipinski definition) is 7. The Morgan fingerprint density at radius 3 is 1.68 bits per heavy atom. The Hall–Kier alpha value is -7.76. The van der Waals surface area contributed by atoms with Crippen LogP contribution < -0.4 is 32.0 Å². The highest BCUT2D eigenvalue weighted by atomic mass is 19.4. The van der Waals surface area contributed by atoms with Crippen LogP contribution in [0.1, 0.15) is 111 Å². The summed E-state index contributed by atoms with van der Waals surface area (Å²) in [7, 11) is 6.95. The maximum Gasteiger partial charge on any atom is 0.416 e. The van der Waals surface area contributed by atoms with Gasteiger partial charge in [-0.15, -0.1) is 0 Å². The maximum atomic E-state index is 15.0. The zero-order valence-corrected chi connectivity index (χ0v) is 54.2. The van der Waals surface area contributed by atoms with Gasteiger partial charge in [0.15, 0.2) is 6.04 Å². The maximum absolute atomic E-state index is 15.0. The van der Waals surface area contributed by atoms with E-state index in [1.54, 1.807) is 78.8 Å². The van der Waals surface area contributed by atoms with Crippen LogP contribution in [-0.2, 0) is 62.1 Å². The van der Waals surface area contributed by atoms with Crippen molar-refractivity contribution in [3.63, 3.8) is 0 Å². The number of carbonyl (C=O) groups excluding carboxylic acids is 11. The molecule has 0 aromatic heterocycles. The van der Waals surface area contributed by atoms with Crippen molar-refractivity contribution >= 4 is 65.4 Å². The molecule has 0 radical (unpaired) electrons. The standard InChI is InChI=1S/C61H92F3N13O13/c1-35(2)30-43-49(79)66-42(34-90-60(7,8)9)54(84)73(12)59(89)75(14)57(87)69-48(56(86)77-28-20-17-21-29-77)52(82)65-37(5)53(83)71(10)44(32-39-22-18-16-19-23-39)50(80)67-46(33-40-24-26-41(27-25-40)61(62,63)64)70-76(15)45(31-36(3)4)51(81)68-47(38(6)78)55(85)74(13)58(88)72(43)11/h16,18-19,22-27,35-38,42-48,70,78H,17,20-21,28-34H2,1-15H3,(H,65,82)(H,66,79)(H,67,80)(H,68,81)(H,69,87)/t37-,38-,42?,43-,44?,45+,46?,47+,48+/m1/s1. The van der Waals surface area contributed by atoms with Gasteiger partial charge in [-0.2, -0.15) is 13.2 Å². The van der Waals surface area contributed by atoms with Crippen LogP contribution in [-0.4, -0.2) is 227 Å². The van der Waals surface area contributed by atoms with Gasteiger partial charge in [0.05, 0.1) is 30.0 Å². The second-order valence-corrected chi connectivity index (χ2v) is 24.9. The summed E-state index contributed by atoms with van der Waals surface area (Å²) in [5.74, 6) is -8.43.